The summed E-state index contributed by atoms with van der Waals surface area (Å²) in [4.78, 5) is 24.1. The van der Waals surface area contributed by atoms with Crippen molar-refractivity contribution in [3.63, 3.8) is 0 Å². The second-order valence-electron chi connectivity index (χ2n) is 10.4. The molecule has 0 aliphatic carbocycles. The van der Waals surface area contributed by atoms with Gasteiger partial charge in [-0.25, -0.2) is 0 Å². The van der Waals surface area contributed by atoms with Crippen LogP contribution in [0.2, 0.25) is 0 Å². The van der Waals surface area contributed by atoms with Crippen LogP contribution >= 0.6 is 0 Å². The molecular formula is C27H35N5O4. The SMILES string of the molecule is CC(C)c1ccc([C@](O)(c2cncc(-c3noc(CCN(C)C(=O)CO)n3)c2)C2(C)CN(C)C2)cc1. The fourth-order valence-electron chi connectivity index (χ4n) is 5.09. The number of amides is 1. The molecule has 1 fully saturated rings. The van der Waals surface area contributed by atoms with Crippen LogP contribution in [0.4, 0.5) is 0 Å². The maximum Gasteiger partial charge on any atom is 0.248 e. The van der Waals surface area contributed by atoms with Crippen molar-refractivity contribution in [1.82, 2.24) is 24.9 Å². The first-order valence-electron chi connectivity index (χ1n) is 12.2. The first-order chi connectivity index (χ1) is 17.1. The molecular weight excluding hydrogens is 458 g/mol. The number of nitrogens with zero attached hydrogens (tertiary/aromatic N) is 5. The van der Waals surface area contributed by atoms with Crippen LogP contribution in [0, 0.1) is 5.41 Å². The molecule has 0 unspecified atom stereocenters. The van der Waals surface area contributed by atoms with Crippen LogP contribution in [0.15, 0.2) is 47.2 Å². The van der Waals surface area contributed by atoms with Crippen LogP contribution in [0.5, 0.6) is 0 Å². The number of aliphatic hydroxyl groups excluding tert-OH is 1. The Labute approximate surface area is 211 Å². The minimum Gasteiger partial charge on any atom is -0.387 e. The van der Waals surface area contributed by atoms with Crippen molar-refractivity contribution in [2.24, 2.45) is 5.41 Å². The predicted molar refractivity (Wildman–Crippen MR) is 135 cm³/mol. The van der Waals surface area contributed by atoms with E-state index in [0.717, 1.165) is 18.7 Å². The Balaban J connectivity index is 1.65. The van der Waals surface area contributed by atoms with Crippen molar-refractivity contribution in [2.75, 3.05) is 40.3 Å². The molecule has 1 aromatic carbocycles. The summed E-state index contributed by atoms with van der Waals surface area (Å²) in [5.41, 5.74) is 1.68. The number of aromatic nitrogens is 3. The van der Waals surface area contributed by atoms with E-state index in [2.05, 4.69) is 52.9 Å². The smallest absolute Gasteiger partial charge is 0.248 e. The minimum atomic E-state index is -1.27. The van der Waals surface area contributed by atoms with Crippen molar-refractivity contribution in [3.05, 3.63) is 65.3 Å². The van der Waals surface area contributed by atoms with Gasteiger partial charge < -0.3 is 24.5 Å². The number of carbonyl (C=O) groups excluding carboxylic acids is 1. The molecule has 36 heavy (non-hydrogen) atoms. The van der Waals surface area contributed by atoms with Gasteiger partial charge in [0, 0.05) is 62.0 Å². The van der Waals surface area contributed by atoms with E-state index < -0.39 is 17.6 Å². The van der Waals surface area contributed by atoms with Crippen LogP contribution in [-0.2, 0) is 16.8 Å². The van der Waals surface area contributed by atoms with Crippen molar-refractivity contribution in [2.45, 2.75) is 38.7 Å². The summed E-state index contributed by atoms with van der Waals surface area (Å²) in [6.45, 7) is 7.70. The van der Waals surface area contributed by atoms with Crippen LogP contribution in [0.1, 0.15) is 49.3 Å². The number of rotatable bonds is 9. The number of likely N-dealkylation sites (N-methyl/N-ethyl adjacent to an activating group) is 1. The minimum absolute atomic E-state index is 0.345. The number of likely N-dealkylation sites (tertiary alicyclic amines) is 1. The van der Waals surface area contributed by atoms with Gasteiger partial charge in [0.05, 0.1) is 0 Å². The molecule has 192 valence electrons. The molecule has 1 aliphatic heterocycles. The van der Waals surface area contributed by atoms with Crippen LogP contribution in [-0.4, -0.2) is 81.4 Å². The highest BCUT2D eigenvalue weighted by Gasteiger charge is 2.55. The highest BCUT2D eigenvalue weighted by atomic mass is 16.5. The van der Waals surface area contributed by atoms with Crippen LogP contribution < -0.4 is 0 Å². The molecule has 1 saturated heterocycles. The third-order valence-corrected chi connectivity index (χ3v) is 7.21. The Kier molecular flexibility index (Phi) is 7.26. The summed E-state index contributed by atoms with van der Waals surface area (Å²) in [5, 5.41) is 25.5. The van der Waals surface area contributed by atoms with E-state index in [0.29, 0.717) is 41.7 Å². The standard InChI is InChI=1S/C27H35N5O4/c1-18(2)19-6-8-21(9-7-19)27(35,26(3)16-31(4)17-26)22-12-20(13-28-14-22)25-29-23(36-30-25)10-11-32(5)24(34)15-33/h6-9,12-14,18,33,35H,10-11,15-17H2,1-5H3/t27-/m0/s1. The van der Waals surface area contributed by atoms with E-state index in [-0.39, 0.29) is 5.91 Å². The largest absolute Gasteiger partial charge is 0.387 e. The molecule has 9 nitrogen and oxygen atoms in total. The summed E-state index contributed by atoms with van der Waals surface area (Å²) < 4.78 is 5.38. The third-order valence-electron chi connectivity index (χ3n) is 7.21. The van der Waals surface area contributed by atoms with Crippen molar-refractivity contribution in [1.29, 1.82) is 0 Å². The van der Waals surface area contributed by atoms with Gasteiger partial charge in [0.2, 0.25) is 17.6 Å². The lowest BCUT2D eigenvalue weighted by molar-refractivity contribution is -0.132. The molecule has 9 heteroatoms. The number of hydrogen-bond donors (Lipinski definition) is 2. The van der Waals surface area contributed by atoms with Gasteiger partial charge in [-0.15, -0.1) is 0 Å². The Morgan fingerprint density at radius 3 is 2.53 bits per heavy atom. The summed E-state index contributed by atoms with van der Waals surface area (Å²) in [6.07, 6.45) is 3.72. The lowest BCUT2D eigenvalue weighted by atomic mass is 9.62. The average Bonchev–Trinajstić information content (AvgIpc) is 3.34. The maximum atomic E-state index is 12.4. The molecule has 1 amide bonds. The molecule has 1 atom stereocenters. The molecule has 0 saturated carbocycles. The second kappa shape index (κ2) is 10.1. The Bertz CT molecular complexity index is 1200. The first kappa shape index (κ1) is 25.9. The van der Waals surface area contributed by atoms with E-state index in [9.17, 15) is 9.90 Å². The number of benzene rings is 1. The number of hydrogen-bond acceptors (Lipinski definition) is 8. The van der Waals surface area contributed by atoms with Gasteiger partial charge in [0.1, 0.15) is 12.2 Å². The van der Waals surface area contributed by atoms with E-state index in [4.69, 9.17) is 9.63 Å². The van der Waals surface area contributed by atoms with Gasteiger partial charge in [-0.05, 0) is 30.2 Å². The zero-order chi connectivity index (χ0) is 26.1. The average molecular weight is 494 g/mol. The maximum absolute atomic E-state index is 12.4. The Morgan fingerprint density at radius 2 is 1.92 bits per heavy atom. The monoisotopic (exact) mass is 493 g/mol. The van der Waals surface area contributed by atoms with Crippen molar-refractivity contribution in [3.8, 4) is 11.4 Å². The van der Waals surface area contributed by atoms with Gasteiger partial charge in [-0.2, -0.15) is 4.98 Å². The van der Waals surface area contributed by atoms with Gasteiger partial charge in [0.15, 0.2) is 0 Å². The fourth-order valence-corrected chi connectivity index (χ4v) is 5.09. The molecule has 0 spiro atoms. The zero-order valence-corrected chi connectivity index (χ0v) is 21.6. The molecule has 3 heterocycles. The Morgan fingerprint density at radius 1 is 1.22 bits per heavy atom. The normalized spacial score (nSPS) is 17.0. The van der Waals surface area contributed by atoms with Crippen LogP contribution in [0.25, 0.3) is 11.4 Å². The number of aliphatic hydroxyl groups is 2. The molecule has 1 aliphatic rings. The van der Waals surface area contributed by atoms with E-state index >= 15 is 0 Å². The van der Waals surface area contributed by atoms with E-state index in [1.54, 1.807) is 19.4 Å². The van der Waals surface area contributed by atoms with Crippen molar-refractivity contribution >= 4 is 5.91 Å². The third kappa shape index (κ3) is 4.78. The molecule has 0 radical (unpaired) electrons. The quantitative estimate of drug-likeness (QED) is 0.467. The van der Waals surface area contributed by atoms with Crippen molar-refractivity contribution < 1.29 is 19.5 Å². The van der Waals surface area contributed by atoms with Gasteiger partial charge in [0.25, 0.3) is 0 Å². The Hall–Kier alpha value is -3.14. The summed E-state index contributed by atoms with van der Waals surface area (Å²) in [7, 11) is 3.65. The summed E-state index contributed by atoms with van der Waals surface area (Å²) >= 11 is 0. The van der Waals surface area contributed by atoms with E-state index in [1.807, 2.05) is 25.2 Å². The summed E-state index contributed by atoms with van der Waals surface area (Å²) in [6, 6.07) is 10.1. The molecule has 0 bridgehead atoms. The van der Waals surface area contributed by atoms with Gasteiger partial charge in [-0.3, -0.25) is 9.78 Å². The first-order valence-corrected chi connectivity index (χ1v) is 12.2. The zero-order valence-electron chi connectivity index (χ0n) is 21.6. The number of pyridine rings is 1. The predicted octanol–water partition coefficient (Wildman–Crippen LogP) is 2.44. The molecule has 2 aromatic heterocycles. The molecule has 4 rings (SSSR count). The fraction of sp³-hybridized carbons (Fsp3) is 0.481. The highest BCUT2D eigenvalue weighted by Crippen LogP contribution is 2.50. The lowest BCUT2D eigenvalue weighted by Crippen LogP contribution is -2.63. The lowest BCUT2D eigenvalue weighted by Gasteiger charge is -2.55. The molecule has 3 aromatic rings. The number of carbonyl (C=O) groups is 1. The second-order valence-corrected chi connectivity index (χ2v) is 10.4. The highest BCUT2D eigenvalue weighted by molar-refractivity contribution is 5.76. The van der Waals surface area contributed by atoms with Gasteiger partial charge >= 0.3 is 0 Å². The molecule has 2 N–H and O–H groups in total. The van der Waals surface area contributed by atoms with E-state index in [1.165, 1.54) is 10.5 Å². The van der Waals surface area contributed by atoms with Gasteiger partial charge in [-0.1, -0.05) is 50.2 Å². The topological polar surface area (TPSA) is 116 Å². The summed E-state index contributed by atoms with van der Waals surface area (Å²) in [5.74, 6) is 0.767. The van der Waals surface area contributed by atoms with Crippen LogP contribution in [0.3, 0.4) is 0 Å².